The molecule has 174 valence electrons. The third-order valence-corrected chi connectivity index (χ3v) is 5.82. The topological polar surface area (TPSA) is 117 Å². The quantitative estimate of drug-likeness (QED) is 0.525. The standard InChI is InChI=1S/C25H25FN6O2/c26-18-8-12-20(13-9-18)32-24(28)21(16-27)22(30-32)4-3-14-29-25(34)17-6-10-19(11-7-17)31-15-2-1-5-23(31)33/h6-13H,1-5,14-15,28H2,(H,29,34). The number of halogens is 1. The molecule has 1 saturated heterocycles. The number of nitrogens with one attached hydrogen (secondary N) is 1. The maximum Gasteiger partial charge on any atom is 0.251 e. The summed E-state index contributed by atoms with van der Waals surface area (Å²) in [5, 5.41) is 16.8. The lowest BCUT2D eigenvalue weighted by molar-refractivity contribution is -0.119. The van der Waals surface area contributed by atoms with E-state index >= 15 is 0 Å². The van der Waals surface area contributed by atoms with E-state index in [1.165, 1.54) is 28.9 Å². The van der Waals surface area contributed by atoms with E-state index in [0.29, 0.717) is 49.3 Å². The molecule has 3 N–H and O–H groups in total. The van der Waals surface area contributed by atoms with E-state index < -0.39 is 0 Å². The van der Waals surface area contributed by atoms with Crippen molar-refractivity contribution in [2.45, 2.75) is 32.1 Å². The molecule has 1 aromatic heterocycles. The Bertz CT molecular complexity index is 1230. The third kappa shape index (κ3) is 4.91. The van der Waals surface area contributed by atoms with Crippen molar-refractivity contribution in [1.82, 2.24) is 15.1 Å². The third-order valence-electron chi connectivity index (χ3n) is 5.82. The summed E-state index contributed by atoms with van der Waals surface area (Å²) in [6.07, 6.45) is 3.46. The van der Waals surface area contributed by atoms with Crippen molar-refractivity contribution < 1.29 is 14.0 Å². The summed E-state index contributed by atoms with van der Waals surface area (Å²) >= 11 is 0. The van der Waals surface area contributed by atoms with E-state index in [4.69, 9.17) is 5.73 Å². The summed E-state index contributed by atoms with van der Waals surface area (Å²) in [6, 6.07) is 14.8. The van der Waals surface area contributed by atoms with Crippen molar-refractivity contribution in [3.63, 3.8) is 0 Å². The van der Waals surface area contributed by atoms with Gasteiger partial charge in [0.25, 0.3) is 5.91 Å². The number of nitrogen functional groups attached to an aromatic ring is 1. The molecule has 0 unspecified atom stereocenters. The molecule has 0 spiro atoms. The number of amides is 2. The molecule has 0 radical (unpaired) electrons. The molecule has 2 heterocycles. The number of nitrogens with two attached hydrogens (primary N) is 1. The van der Waals surface area contributed by atoms with Gasteiger partial charge in [0.05, 0.1) is 11.4 Å². The number of anilines is 2. The van der Waals surface area contributed by atoms with Crippen molar-refractivity contribution in [2.75, 3.05) is 23.7 Å². The second kappa shape index (κ2) is 10.2. The average Bonchev–Trinajstić information content (AvgIpc) is 3.17. The van der Waals surface area contributed by atoms with Crippen LogP contribution in [0.3, 0.4) is 0 Å². The second-order valence-corrected chi connectivity index (χ2v) is 8.12. The van der Waals surface area contributed by atoms with Gasteiger partial charge in [-0.3, -0.25) is 9.59 Å². The van der Waals surface area contributed by atoms with Gasteiger partial charge in [-0.1, -0.05) is 0 Å². The average molecular weight is 461 g/mol. The molecule has 0 bridgehead atoms. The van der Waals surface area contributed by atoms with Crippen LogP contribution in [-0.2, 0) is 11.2 Å². The van der Waals surface area contributed by atoms with Gasteiger partial charge in [0, 0.05) is 30.8 Å². The van der Waals surface area contributed by atoms with Gasteiger partial charge >= 0.3 is 0 Å². The zero-order chi connectivity index (χ0) is 24.1. The highest BCUT2D eigenvalue weighted by Crippen LogP contribution is 2.23. The van der Waals surface area contributed by atoms with Gasteiger partial charge in [-0.05, 0) is 74.2 Å². The summed E-state index contributed by atoms with van der Waals surface area (Å²) in [4.78, 5) is 26.3. The van der Waals surface area contributed by atoms with E-state index in [0.717, 1.165) is 18.5 Å². The fourth-order valence-electron chi connectivity index (χ4n) is 3.99. The first-order chi connectivity index (χ1) is 16.5. The van der Waals surface area contributed by atoms with Crippen LogP contribution < -0.4 is 16.0 Å². The Hall–Kier alpha value is -4.19. The lowest BCUT2D eigenvalue weighted by Crippen LogP contribution is -2.35. The minimum atomic E-state index is -0.374. The number of benzene rings is 2. The van der Waals surface area contributed by atoms with Crippen LogP contribution in [0.25, 0.3) is 5.69 Å². The first kappa shape index (κ1) is 23.0. The Morgan fingerprint density at radius 2 is 1.82 bits per heavy atom. The van der Waals surface area contributed by atoms with Crippen LogP contribution in [0.1, 0.15) is 47.3 Å². The largest absolute Gasteiger partial charge is 0.382 e. The zero-order valence-electron chi connectivity index (χ0n) is 18.6. The Kier molecular flexibility index (Phi) is 6.87. The van der Waals surface area contributed by atoms with Crippen molar-refractivity contribution in [3.05, 3.63) is 71.2 Å². The highest BCUT2D eigenvalue weighted by molar-refractivity contribution is 5.96. The molecular formula is C25H25FN6O2. The van der Waals surface area contributed by atoms with Crippen molar-refractivity contribution in [2.24, 2.45) is 0 Å². The molecule has 3 aromatic rings. The number of piperidine rings is 1. The predicted molar refractivity (Wildman–Crippen MR) is 126 cm³/mol. The number of aromatic nitrogens is 2. The van der Waals surface area contributed by atoms with Crippen LogP contribution >= 0.6 is 0 Å². The number of hydrogen-bond acceptors (Lipinski definition) is 5. The van der Waals surface area contributed by atoms with E-state index in [1.807, 2.05) is 0 Å². The Morgan fingerprint density at radius 1 is 1.12 bits per heavy atom. The molecule has 9 heteroatoms. The fourth-order valence-corrected chi connectivity index (χ4v) is 3.99. The van der Waals surface area contributed by atoms with E-state index in [2.05, 4.69) is 16.5 Å². The Morgan fingerprint density at radius 3 is 2.50 bits per heavy atom. The van der Waals surface area contributed by atoms with Crippen LogP contribution in [0.5, 0.6) is 0 Å². The lowest BCUT2D eigenvalue weighted by atomic mass is 10.1. The first-order valence-electron chi connectivity index (χ1n) is 11.2. The number of nitrogens with zero attached hydrogens (tertiary/aromatic N) is 4. The monoisotopic (exact) mass is 460 g/mol. The van der Waals surface area contributed by atoms with Crippen LogP contribution in [0.15, 0.2) is 48.5 Å². The Balaban J connectivity index is 1.33. The predicted octanol–water partition coefficient (Wildman–Crippen LogP) is 3.34. The van der Waals surface area contributed by atoms with E-state index in [9.17, 15) is 19.2 Å². The van der Waals surface area contributed by atoms with Gasteiger partial charge < -0.3 is 16.0 Å². The maximum absolute atomic E-state index is 13.2. The number of aryl methyl sites for hydroxylation is 1. The molecule has 2 amide bonds. The van der Waals surface area contributed by atoms with Crippen molar-refractivity contribution >= 4 is 23.3 Å². The molecular weight excluding hydrogens is 435 g/mol. The number of carbonyl (C=O) groups excluding carboxylic acids is 2. The fraction of sp³-hybridized carbons (Fsp3) is 0.280. The van der Waals surface area contributed by atoms with Gasteiger partial charge in [-0.2, -0.15) is 10.4 Å². The minimum absolute atomic E-state index is 0.114. The van der Waals surface area contributed by atoms with Crippen LogP contribution in [0.2, 0.25) is 0 Å². The summed E-state index contributed by atoms with van der Waals surface area (Å²) in [5.41, 5.74) is 8.75. The molecule has 34 heavy (non-hydrogen) atoms. The van der Waals surface area contributed by atoms with E-state index in [1.54, 1.807) is 29.2 Å². The zero-order valence-corrected chi connectivity index (χ0v) is 18.6. The molecule has 2 aromatic carbocycles. The number of carbonyl (C=O) groups is 2. The van der Waals surface area contributed by atoms with Gasteiger partial charge in [-0.25, -0.2) is 9.07 Å². The second-order valence-electron chi connectivity index (χ2n) is 8.12. The molecule has 8 nitrogen and oxygen atoms in total. The van der Waals surface area contributed by atoms with Gasteiger partial charge in [0.2, 0.25) is 5.91 Å². The van der Waals surface area contributed by atoms with Gasteiger partial charge in [0.1, 0.15) is 23.3 Å². The van der Waals surface area contributed by atoms with Crippen molar-refractivity contribution in [1.29, 1.82) is 5.26 Å². The summed E-state index contributed by atoms with van der Waals surface area (Å²) in [5.74, 6) is -0.280. The molecule has 1 aliphatic heterocycles. The first-order valence-corrected chi connectivity index (χ1v) is 11.2. The Labute approximate surface area is 196 Å². The molecule has 1 fully saturated rings. The van der Waals surface area contributed by atoms with Crippen LogP contribution in [0.4, 0.5) is 15.9 Å². The summed E-state index contributed by atoms with van der Waals surface area (Å²) in [6.45, 7) is 1.09. The number of rotatable bonds is 7. The lowest BCUT2D eigenvalue weighted by Gasteiger charge is -2.26. The van der Waals surface area contributed by atoms with Crippen molar-refractivity contribution in [3.8, 4) is 11.8 Å². The molecule has 0 saturated carbocycles. The minimum Gasteiger partial charge on any atom is -0.382 e. The number of hydrogen-bond donors (Lipinski definition) is 2. The SMILES string of the molecule is N#Cc1c(CCCNC(=O)c2ccc(N3CCCCC3=O)cc2)nn(-c2ccc(F)cc2)c1N. The van der Waals surface area contributed by atoms with Crippen LogP contribution in [-0.4, -0.2) is 34.7 Å². The number of nitriles is 1. The van der Waals surface area contributed by atoms with E-state index in [-0.39, 0.29) is 29.0 Å². The highest BCUT2D eigenvalue weighted by Gasteiger charge is 2.20. The molecule has 0 aliphatic carbocycles. The summed E-state index contributed by atoms with van der Waals surface area (Å²) < 4.78 is 14.6. The summed E-state index contributed by atoms with van der Waals surface area (Å²) in [7, 11) is 0. The molecule has 1 aliphatic rings. The van der Waals surface area contributed by atoms with Gasteiger partial charge in [0.15, 0.2) is 0 Å². The maximum atomic E-state index is 13.2. The van der Waals surface area contributed by atoms with Gasteiger partial charge in [-0.15, -0.1) is 0 Å². The van der Waals surface area contributed by atoms with Crippen LogP contribution in [0, 0.1) is 17.1 Å². The normalized spacial score (nSPS) is 13.5. The molecule has 4 rings (SSSR count). The smallest absolute Gasteiger partial charge is 0.251 e. The molecule has 0 atom stereocenters. The highest BCUT2D eigenvalue weighted by atomic mass is 19.1.